The molecule has 0 atom stereocenters. The van der Waals surface area contributed by atoms with Crippen molar-refractivity contribution >= 4 is 17.3 Å². The van der Waals surface area contributed by atoms with E-state index in [-0.39, 0.29) is 0 Å². The lowest BCUT2D eigenvalue weighted by atomic mass is 10.2. The molecule has 3 aromatic heterocycles. The van der Waals surface area contributed by atoms with Crippen molar-refractivity contribution in [3.63, 3.8) is 0 Å². The molecule has 7 heteroatoms. The number of rotatable bonds is 5. The van der Waals surface area contributed by atoms with Gasteiger partial charge in [-0.3, -0.25) is 0 Å². The number of hydrogen-bond donors (Lipinski definition) is 1. The number of aryl methyl sites for hydroxylation is 2. The van der Waals surface area contributed by atoms with Gasteiger partial charge in [0.15, 0.2) is 11.6 Å². The van der Waals surface area contributed by atoms with Gasteiger partial charge >= 0.3 is 0 Å². The van der Waals surface area contributed by atoms with Crippen molar-refractivity contribution in [3.05, 3.63) is 84.1 Å². The Balaban J connectivity index is 1.83. The summed E-state index contributed by atoms with van der Waals surface area (Å²) in [5.74, 6) is 1.92. The summed E-state index contributed by atoms with van der Waals surface area (Å²) in [5, 5.41) is 4.51. The molecule has 4 rings (SSSR count). The summed E-state index contributed by atoms with van der Waals surface area (Å²) < 4.78 is 1.75. The lowest BCUT2D eigenvalue weighted by molar-refractivity contribution is 0.799. The predicted octanol–water partition coefficient (Wildman–Crippen LogP) is 3.59. The van der Waals surface area contributed by atoms with Gasteiger partial charge in [-0.05, 0) is 37.6 Å². The Hall–Kier alpha value is -3.74. The molecule has 0 spiro atoms. The highest BCUT2D eigenvalue weighted by Gasteiger charge is 2.20. The van der Waals surface area contributed by atoms with Crippen LogP contribution in [0.1, 0.15) is 17.0 Å². The average Bonchev–Trinajstić information content (AvgIpc) is 3.06. The third-order valence-corrected chi connectivity index (χ3v) is 4.42. The highest BCUT2D eigenvalue weighted by molar-refractivity contribution is 5.74. The second-order valence-electron chi connectivity index (χ2n) is 6.53. The minimum atomic E-state index is 0.454. The van der Waals surface area contributed by atoms with Gasteiger partial charge in [-0.1, -0.05) is 36.4 Å². The maximum absolute atomic E-state index is 6.53. The number of aromatic nitrogens is 5. The Morgan fingerprint density at radius 1 is 0.964 bits per heavy atom. The summed E-state index contributed by atoms with van der Waals surface area (Å²) in [6.07, 6.45) is 3.27. The van der Waals surface area contributed by atoms with Crippen LogP contribution in [0, 0.1) is 13.8 Å². The molecule has 0 aliphatic rings. The van der Waals surface area contributed by atoms with Crippen LogP contribution >= 0.6 is 0 Å². The van der Waals surface area contributed by atoms with Crippen molar-refractivity contribution in [1.82, 2.24) is 24.7 Å². The van der Waals surface area contributed by atoms with Crippen molar-refractivity contribution in [3.8, 4) is 5.82 Å². The van der Waals surface area contributed by atoms with E-state index in [1.807, 2.05) is 61.2 Å². The summed E-state index contributed by atoms with van der Waals surface area (Å²) in [4.78, 5) is 15.4. The maximum atomic E-state index is 6.53. The zero-order chi connectivity index (χ0) is 19.5. The molecule has 28 heavy (non-hydrogen) atoms. The predicted molar refractivity (Wildman–Crippen MR) is 110 cm³/mol. The summed E-state index contributed by atoms with van der Waals surface area (Å²) in [6, 6.07) is 17.9. The molecule has 3 heterocycles. The zero-order valence-corrected chi connectivity index (χ0v) is 15.8. The maximum Gasteiger partial charge on any atom is 0.182 e. The molecule has 0 aliphatic carbocycles. The average molecular weight is 371 g/mol. The molecule has 2 N–H and O–H groups in total. The first-order chi connectivity index (χ1) is 13.6. The molecule has 0 bridgehead atoms. The van der Waals surface area contributed by atoms with E-state index < -0.39 is 0 Å². The molecule has 0 fully saturated rings. The molecule has 4 aromatic rings. The second-order valence-corrected chi connectivity index (χ2v) is 6.53. The molecule has 0 radical (unpaired) electrons. The third-order valence-electron chi connectivity index (χ3n) is 4.42. The number of nitrogens with two attached hydrogens (primary N) is 1. The Bertz CT molecular complexity index is 1070. The Labute approximate surface area is 163 Å². The number of nitrogen functional groups attached to an aromatic ring is 1. The van der Waals surface area contributed by atoms with Crippen molar-refractivity contribution in [2.24, 2.45) is 0 Å². The van der Waals surface area contributed by atoms with Crippen LogP contribution in [0.25, 0.3) is 5.82 Å². The fraction of sp³-hybridized carbons (Fsp3) is 0.143. The van der Waals surface area contributed by atoms with Crippen molar-refractivity contribution in [2.45, 2.75) is 20.4 Å². The van der Waals surface area contributed by atoms with Crippen LogP contribution < -0.4 is 10.6 Å². The zero-order valence-electron chi connectivity index (χ0n) is 15.8. The first-order valence-electron chi connectivity index (χ1n) is 9.00. The number of anilines is 3. The fourth-order valence-corrected chi connectivity index (χ4v) is 3.15. The van der Waals surface area contributed by atoms with E-state index in [0.717, 1.165) is 22.8 Å². The number of hydrogen-bond acceptors (Lipinski definition) is 6. The molecule has 0 saturated carbocycles. The standard InChI is InChI=1S/C21H21N7/c1-15-12-16(2)28(26-15)21-19(22)20(24-14-25-21)27(18-10-6-7-11-23-18)13-17-8-4-3-5-9-17/h3-12,14H,13,22H2,1-2H3. The van der Waals surface area contributed by atoms with Gasteiger partial charge in [0, 0.05) is 11.9 Å². The van der Waals surface area contributed by atoms with E-state index >= 15 is 0 Å². The van der Waals surface area contributed by atoms with Crippen LogP contribution in [0.4, 0.5) is 17.3 Å². The van der Waals surface area contributed by atoms with Gasteiger partial charge in [0.1, 0.15) is 17.8 Å². The van der Waals surface area contributed by atoms with Gasteiger partial charge in [0.05, 0.1) is 12.2 Å². The first kappa shape index (κ1) is 17.7. The first-order valence-corrected chi connectivity index (χ1v) is 9.00. The van der Waals surface area contributed by atoms with Crippen LogP contribution in [-0.4, -0.2) is 24.7 Å². The van der Waals surface area contributed by atoms with Gasteiger partial charge in [-0.15, -0.1) is 0 Å². The van der Waals surface area contributed by atoms with E-state index in [1.165, 1.54) is 6.33 Å². The molecular formula is C21H21N7. The van der Waals surface area contributed by atoms with E-state index in [0.29, 0.717) is 23.9 Å². The lowest BCUT2D eigenvalue weighted by Crippen LogP contribution is -2.21. The van der Waals surface area contributed by atoms with Crippen LogP contribution in [0.2, 0.25) is 0 Å². The third kappa shape index (κ3) is 3.42. The number of nitrogens with zero attached hydrogens (tertiary/aromatic N) is 6. The molecule has 0 amide bonds. The van der Waals surface area contributed by atoms with Gasteiger partial charge in [0.25, 0.3) is 0 Å². The van der Waals surface area contributed by atoms with Gasteiger partial charge in [-0.25, -0.2) is 19.6 Å². The van der Waals surface area contributed by atoms with Gasteiger partial charge in [-0.2, -0.15) is 5.10 Å². The molecular weight excluding hydrogens is 350 g/mol. The largest absolute Gasteiger partial charge is 0.393 e. The molecule has 0 saturated heterocycles. The van der Waals surface area contributed by atoms with Crippen LogP contribution in [0.5, 0.6) is 0 Å². The van der Waals surface area contributed by atoms with Crippen LogP contribution in [0.3, 0.4) is 0 Å². The summed E-state index contributed by atoms with van der Waals surface area (Å²) in [7, 11) is 0. The highest BCUT2D eigenvalue weighted by atomic mass is 15.3. The molecule has 7 nitrogen and oxygen atoms in total. The fourth-order valence-electron chi connectivity index (χ4n) is 3.15. The summed E-state index contributed by atoms with van der Waals surface area (Å²) >= 11 is 0. The Morgan fingerprint density at radius 3 is 2.43 bits per heavy atom. The lowest BCUT2D eigenvalue weighted by Gasteiger charge is -2.24. The molecule has 0 unspecified atom stereocenters. The Kier molecular flexibility index (Phi) is 4.72. The minimum Gasteiger partial charge on any atom is -0.393 e. The number of pyridine rings is 1. The van der Waals surface area contributed by atoms with Crippen molar-refractivity contribution < 1.29 is 0 Å². The van der Waals surface area contributed by atoms with Gasteiger partial charge in [0.2, 0.25) is 0 Å². The van der Waals surface area contributed by atoms with E-state index in [4.69, 9.17) is 5.73 Å². The van der Waals surface area contributed by atoms with Crippen LogP contribution in [0.15, 0.2) is 67.1 Å². The molecule has 140 valence electrons. The number of benzene rings is 1. The van der Waals surface area contributed by atoms with Crippen LogP contribution in [-0.2, 0) is 6.54 Å². The second kappa shape index (κ2) is 7.48. The van der Waals surface area contributed by atoms with Crippen molar-refractivity contribution in [1.29, 1.82) is 0 Å². The summed E-state index contributed by atoms with van der Waals surface area (Å²) in [6.45, 7) is 4.49. The smallest absolute Gasteiger partial charge is 0.182 e. The van der Waals surface area contributed by atoms with E-state index in [2.05, 4.69) is 32.2 Å². The Morgan fingerprint density at radius 2 is 1.75 bits per heavy atom. The van der Waals surface area contributed by atoms with E-state index in [1.54, 1.807) is 10.9 Å². The minimum absolute atomic E-state index is 0.454. The van der Waals surface area contributed by atoms with E-state index in [9.17, 15) is 0 Å². The van der Waals surface area contributed by atoms with Crippen molar-refractivity contribution in [2.75, 3.05) is 10.6 Å². The monoisotopic (exact) mass is 371 g/mol. The molecule has 0 aliphatic heterocycles. The summed E-state index contributed by atoms with van der Waals surface area (Å²) in [5.41, 5.74) is 9.97. The van der Waals surface area contributed by atoms with Gasteiger partial charge < -0.3 is 10.6 Å². The normalized spacial score (nSPS) is 10.8. The molecule has 1 aromatic carbocycles. The SMILES string of the molecule is Cc1cc(C)n(-c2ncnc(N(Cc3ccccc3)c3ccccn3)c2N)n1. The highest BCUT2D eigenvalue weighted by Crippen LogP contribution is 2.31. The topological polar surface area (TPSA) is 85.8 Å². The quantitative estimate of drug-likeness (QED) is 0.577.